The second-order valence-corrected chi connectivity index (χ2v) is 5.05. The summed E-state index contributed by atoms with van der Waals surface area (Å²) in [5.41, 5.74) is 8.88. The van der Waals surface area contributed by atoms with E-state index >= 15 is 0 Å². The van der Waals surface area contributed by atoms with Crippen LogP contribution in [-0.2, 0) is 13.5 Å². The van der Waals surface area contributed by atoms with Crippen LogP contribution in [0.3, 0.4) is 0 Å². The van der Waals surface area contributed by atoms with Crippen molar-refractivity contribution in [3.63, 3.8) is 0 Å². The molecule has 2 aromatic heterocycles. The van der Waals surface area contributed by atoms with Crippen LogP contribution in [0.2, 0.25) is 0 Å². The lowest BCUT2D eigenvalue weighted by molar-refractivity contribution is 0.734. The zero-order chi connectivity index (χ0) is 11.7. The van der Waals surface area contributed by atoms with Gasteiger partial charge in [0.15, 0.2) is 0 Å². The van der Waals surface area contributed by atoms with Crippen molar-refractivity contribution in [3.8, 4) is 11.3 Å². The number of hydrogen-bond acceptors (Lipinski definition) is 4. The first kappa shape index (κ1) is 11.3. The van der Waals surface area contributed by atoms with Crippen molar-refractivity contribution in [2.45, 2.75) is 26.3 Å². The van der Waals surface area contributed by atoms with Crippen LogP contribution in [0.15, 0.2) is 11.6 Å². The number of thiazole rings is 1. The van der Waals surface area contributed by atoms with Crippen LogP contribution in [0.5, 0.6) is 0 Å². The van der Waals surface area contributed by atoms with Crippen molar-refractivity contribution in [3.05, 3.63) is 22.3 Å². The highest BCUT2D eigenvalue weighted by Crippen LogP contribution is 2.24. The summed E-state index contributed by atoms with van der Waals surface area (Å²) in [6, 6.07) is 0.161. The highest BCUT2D eigenvalue weighted by atomic mass is 32.1. The van der Waals surface area contributed by atoms with Crippen LogP contribution < -0.4 is 5.73 Å². The maximum Gasteiger partial charge on any atom is 0.0947 e. The third kappa shape index (κ3) is 2.31. The van der Waals surface area contributed by atoms with Gasteiger partial charge in [0.25, 0.3) is 0 Å². The number of rotatable bonds is 3. The van der Waals surface area contributed by atoms with E-state index in [0.717, 1.165) is 28.4 Å². The van der Waals surface area contributed by atoms with Gasteiger partial charge in [-0.25, -0.2) is 4.98 Å². The molecule has 0 fully saturated rings. The van der Waals surface area contributed by atoms with Crippen molar-refractivity contribution < 1.29 is 0 Å². The van der Waals surface area contributed by atoms with Crippen molar-refractivity contribution in [2.24, 2.45) is 12.8 Å². The van der Waals surface area contributed by atoms with E-state index in [1.54, 1.807) is 11.3 Å². The zero-order valence-electron chi connectivity index (χ0n) is 9.77. The number of hydrogen-bond donors (Lipinski definition) is 1. The first-order chi connectivity index (χ1) is 7.56. The lowest BCUT2D eigenvalue weighted by Gasteiger charge is -1.99. The summed E-state index contributed by atoms with van der Waals surface area (Å²) < 4.78 is 1.81. The van der Waals surface area contributed by atoms with Gasteiger partial charge in [-0.3, -0.25) is 4.68 Å². The monoisotopic (exact) mass is 236 g/mol. The molecule has 86 valence electrons. The molecule has 0 bridgehead atoms. The van der Waals surface area contributed by atoms with Gasteiger partial charge >= 0.3 is 0 Å². The number of aryl methyl sites for hydroxylation is 2. The summed E-state index contributed by atoms with van der Waals surface area (Å²) in [5, 5.41) is 7.48. The highest BCUT2D eigenvalue weighted by molar-refractivity contribution is 7.09. The normalized spacial score (nSPS) is 13.0. The minimum absolute atomic E-state index is 0.161. The standard InChI is InChI=1S/C11H16N4S/c1-7(12)4-11-13-10(6-16-11)9-5-15(3)14-8(9)2/h5-7H,4,12H2,1-3H3. The van der Waals surface area contributed by atoms with Crippen molar-refractivity contribution in [1.29, 1.82) is 0 Å². The Morgan fingerprint density at radius 2 is 2.31 bits per heavy atom. The van der Waals surface area contributed by atoms with Gasteiger partial charge in [-0.2, -0.15) is 5.10 Å². The lowest BCUT2D eigenvalue weighted by atomic mass is 10.2. The van der Waals surface area contributed by atoms with Crippen LogP contribution in [0.25, 0.3) is 11.3 Å². The molecule has 2 heterocycles. The minimum atomic E-state index is 0.161. The molecule has 0 radical (unpaired) electrons. The third-order valence-corrected chi connectivity index (χ3v) is 3.21. The van der Waals surface area contributed by atoms with Crippen LogP contribution in [0.4, 0.5) is 0 Å². The Morgan fingerprint density at radius 3 is 2.88 bits per heavy atom. The van der Waals surface area contributed by atoms with E-state index in [9.17, 15) is 0 Å². The van der Waals surface area contributed by atoms with Gasteiger partial charge in [-0.05, 0) is 13.8 Å². The van der Waals surface area contributed by atoms with Crippen LogP contribution >= 0.6 is 11.3 Å². The molecule has 0 aliphatic heterocycles. The molecule has 0 amide bonds. The van der Waals surface area contributed by atoms with Gasteiger partial charge in [-0.1, -0.05) is 0 Å². The maximum atomic E-state index is 5.76. The Bertz CT molecular complexity index is 484. The smallest absolute Gasteiger partial charge is 0.0947 e. The van der Waals surface area contributed by atoms with Gasteiger partial charge in [0.2, 0.25) is 0 Å². The fourth-order valence-electron chi connectivity index (χ4n) is 1.65. The molecular weight excluding hydrogens is 220 g/mol. The van der Waals surface area contributed by atoms with E-state index in [0.29, 0.717) is 0 Å². The largest absolute Gasteiger partial charge is 0.328 e. The molecule has 1 unspecified atom stereocenters. The molecule has 0 saturated carbocycles. The predicted molar refractivity (Wildman–Crippen MR) is 66.4 cm³/mol. The van der Waals surface area contributed by atoms with Crippen LogP contribution in [-0.4, -0.2) is 20.8 Å². The second-order valence-electron chi connectivity index (χ2n) is 4.11. The van der Waals surface area contributed by atoms with Gasteiger partial charge in [-0.15, -0.1) is 11.3 Å². The lowest BCUT2D eigenvalue weighted by Crippen LogP contribution is -2.17. The van der Waals surface area contributed by atoms with Gasteiger partial charge in [0.1, 0.15) is 0 Å². The molecule has 0 spiro atoms. The van der Waals surface area contributed by atoms with Crippen LogP contribution in [0, 0.1) is 6.92 Å². The van der Waals surface area contributed by atoms with Gasteiger partial charge in [0, 0.05) is 36.7 Å². The minimum Gasteiger partial charge on any atom is -0.328 e. The molecule has 16 heavy (non-hydrogen) atoms. The number of nitrogens with two attached hydrogens (primary N) is 1. The Balaban J connectivity index is 2.28. The summed E-state index contributed by atoms with van der Waals surface area (Å²) in [6.07, 6.45) is 2.84. The molecule has 1 atom stereocenters. The van der Waals surface area contributed by atoms with Crippen molar-refractivity contribution in [1.82, 2.24) is 14.8 Å². The van der Waals surface area contributed by atoms with Crippen LogP contribution in [0.1, 0.15) is 17.6 Å². The Kier molecular flexibility index (Phi) is 3.07. The van der Waals surface area contributed by atoms with E-state index in [2.05, 4.69) is 15.5 Å². The summed E-state index contributed by atoms with van der Waals surface area (Å²) in [6.45, 7) is 4.00. The van der Waals surface area contributed by atoms with Crippen molar-refractivity contribution in [2.75, 3.05) is 0 Å². The quantitative estimate of drug-likeness (QED) is 0.883. The van der Waals surface area contributed by atoms with E-state index in [-0.39, 0.29) is 6.04 Å². The van der Waals surface area contributed by atoms with E-state index in [1.165, 1.54) is 0 Å². The molecule has 0 aliphatic carbocycles. The van der Waals surface area contributed by atoms with E-state index < -0.39 is 0 Å². The Morgan fingerprint density at radius 1 is 1.56 bits per heavy atom. The third-order valence-electron chi connectivity index (χ3n) is 2.34. The fraction of sp³-hybridized carbons (Fsp3) is 0.455. The van der Waals surface area contributed by atoms with Crippen molar-refractivity contribution >= 4 is 11.3 Å². The summed E-state index contributed by atoms with van der Waals surface area (Å²) in [4.78, 5) is 4.58. The van der Waals surface area contributed by atoms with E-state index in [4.69, 9.17) is 5.73 Å². The summed E-state index contributed by atoms with van der Waals surface area (Å²) in [5.74, 6) is 0. The van der Waals surface area contributed by atoms with Gasteiger partial charge < -0.3 is 5.73 Å². The molecule has 4 nitrogen and oxygen atoms in total. The average molecular weight is 236 g/mol. The topological polar surface area (TPSA) is 56.7 Å². The molecule has 0 saturated heterocycles. The predicted octanol–water partition coefficient (Wildman–Crippen LogP) is 1.74. The highest BCUT2D eigenvalue weighted by Gasteiger charge is 2.10. The first-order valence-corrected chi connectivity index (χ1v) is 6.15. The number of nitrogens with zero attached hydrogens (tertiary/aromatic N) is 3. The number of aromatic nitrogens is 3. The molecular formula is C11H16N4S. The summed E-state index contributed by atoms with van der Waals surface area (Å²) in [7, 11) is 1.92. The van der Waals surface area contributed by atoms with Gasteiger partial charge in [0.05, 0.1) is 16.4 Å². The molecule has 0 aromatic carbocycles. The Hall–Kier alpha value is -1.20. The molecule has 2 rings (SSSR count). The zero-order valence-corrected chi connectivity index (χ0v) is 10.6. The maximum absolute atomic E-state index is 5.76. The van der Waals surface area contributed by atoms with E-state index in [1.807, 2.05) is 31.8 Å². The average Bonchev–Trinajstić information content (AvgIpc) is 2.72. The first-order valence-electron chi connectivity index (χ1n) is 5.27. The molecule has 2 N–H and O–H groups in total. The molecule has 5 heteroatoms. The second kappa shape index (κ2) is 4.35. The Labute approximate surface area is 99.1 Å². The summed E-state index contributed by atoms with van der Waals surface area (Å²) >= 11 is 1.66. The SMILES string of the molecule is Cc1nn(C)cc1-c1csc(CC(C)N)n1. The molecule has 2 aromatic rings. The molecule has 0 aliphatic rings. The fourth-order valence-corrected chi connectivity index (χ4v) is 2.59.